The smallest absolute Gasteiger partial charge is 0.412 e. The predicted molar refractivity (Wildman–Crippen MR) is 79.2 cm³/mol. The number of hydrogen-bond donors (Lipinski definition) is 2. The Balaban J connectivity index is 2.74. The summed E-state index contributed by atoms with van der Waals surface area (Å²) in [4.78, 5) is 11.6. The third kappa shape index (κ3) is 6.13. The van der Waals surface area contributed by atoms with Crippen LogP contribution in [-0.4, -0.2) is 11.7 Å². The van der Waals surface area contributed by atoms with Gasteiger partial charge in [0.15, 0.2) is 0 Å². The molecular formula is C15H16N4O2. The van der Waals surface area contributed by atoms with Gasteiger partial charge in [-0.25, -0.2) is 4.79 Å². The molecule has 0 aliphatic rings. The Morgan fingerprint density at radius 3 is 2.43 bits per heavy atom. The van der Waals surface area contributed by atoms with Gasteiger partial charge >= 0.3 is 6.09 Å². The topological polar surface area (TPSA) is 97.9 Å². The first-order valence-corrected chi connectivity index (χ1v) is 6.21. The highest BCUT2D eigenvalue weighted by Crippen LogP contribution is 2.17. The molecule has 0 bridgehead atoms. The third-order valence-corrected chi connectivity index (χ3v) is 2.13. The highest BCUT2D eigenvalue weighted by molar-refractivity contribution is 5.85. The van der Waals surface area contributed by atoms with Gasteiger partial charge in [-0.05, 0) is 39.0 Å². The summed E-state index contributed by atoms with van der Waals surface area (Å²) in [6, 6.07) is 10.3. The fraction of sp³-hybridized carbons (Fsp3) is 0.267. The number of ether oxygens (including phenoxy) is 1. The molecule has 0 aliphatic heterocycles. The second-order valence-corrected chi connectivity index (χ2v) is 5.13. The van der Waals surface area contributed by atoms with E-state index >= 15 is 0 Å². The van der Waals surface area contributed by atoms with Crippen LogP contribution < -0.4 is 10.6 Å². The molecule has 0 fully saturated rings. The molecule has 1 aromatic rings. The molecule has 6 nitrogen and oxygen atoms in total. The van der Waals surface area contributed by atoms with Gasteiger partial charge in [0.05, 0.1) is 0 Å². The van der Waals surface area contributed by atoms with Crippen LogP contribution in [0.1, 0.15) is 20.8 Å². The molecular weight excluding hydrogens is 268 g/mol. The number of allylic oxidation sites excluding steroid dienone is 1. The maximum Gasteiger partial charge on any atom is 0.412 e. The van der Waals surface area contributed by atoms with Crippen molar-refractivity contribution in [3.8, 4) is 12.1 Å². The van der Waals surface area contributed by atoms with Crippen LogP contribution in [0.5, 0.6) is 0 Å². The van der Waals surface area contributed by atoms with Crippen LogP contribution in [-0.2, 0) is 4.74 Å². The van der Waals surface area contributed by atoms with Crippen LogP contribution >= 0.6 is 0 Å². The molecule has 0 saturated carbocycles. The lowest BCUT2D eigenvalue weighted by atomic mass is 10.2. The molecule has 6 heteroatoms. The van der Waals surface area contributed by atoms with Crippen molar-refractivity contribution in [2.75, 3.05) is 10.6 Å². The minimum atomic E-state index is -0.572. The van der Waals surface area contributed by atoms with Gasteiger partial charge in [-0.1, -0.05) is 6.07 Å². The van der Waals surface area contributed by atoms with Gasteiger partial charge < -0.3 is 10.1 Å². The molecule has 0 saturated heterocycles. The van der Waals surface area contributed by atoms with Crippen molar-refractivity contribution in [2.24, 2.45) is 0 Å². The van der Waals surface area contributed by atoms with Crippen molar-refractivity contribution in [1.29, 1.82) is 10.5 Å². The lowest BCUT2D eigenvalue weighted by Gasteiger charge is -2.19. The summed E-state index contributed by atoms with van der Waals surface area (Å²) in [6.45, 7) is 5.34. The minimum absolute atomic E-state index is 0.0412. The van der Waals surface area contributed by atoms with E-state index in [4.69, 9.17) is 15.3 Å². The van der Waals surface area contributed by atoms with Gasteiger partial charge in [-0.3, -0.25) is 5.32 Å². The van der Waals surface area contributed by atoms with E-state index in [2.05, 4.69) is 10.6 Å². The summed E-state index contributed by atoms with van der Waals surface area (Å²) in [5.74, 6) is 0. The normalized spacial score (nSPS) is 9.76. The van der Waals surface area contributed by atoms with Crippen molar-refractivity contribution in [2.45, 2.75) is 26.4 Å². The van der Waals surface area contributed by atoms with Gasteiger partial charge in [0.2, 0.25) is 0 Å². The average molecular weight is 284 g/mol. The lowest BCUT2D eigenvalue weighted by Crippen LogP contribution is -2.27. The minimum Gasteiger partial charge on any atom is -0.444 e. The Morgan fingerprint density at radius 2 is 1.86 bits per heavy atom. The van der Waals surface area contributed by atoms with E-state index in [0.29, 0.717) is 11.4 Å². The summed E-state index contributed by atoms with van der Waals surface area (Å²) < 4.78 is 5.15. The van der Waals surface area contributed by atoms with Crippen LogP contribution in [0.4, 0.5) is 16.2 Å². The van der Waals surface area contributed by atoms with Crippen molar-refractivity contribution >= 4 is 17.5 Å². The first-order valence-electron chi connectivity index (χ1n) is 6.21. The molecule has 1 amide bonds. The van der Waals surface area contributed by atoms with Crippen LogP contribution in [0, 0.1) is 22.7 Å². The Hall–Kier alpha value is -2.99. The second kappa shape index (κ2) is 6.97. The third-order valence-electron chi connectivity index (χ3n) is 2.13. The molecule has 0 spiro atoms. The molecule has 1 rings (SSSR count). The fourth-order valence-corrected chi connectivity index (χ4v) is 1.35. The van der Waals surface area contributed by atoms with E-state index in [1.807, 2.05) is 0 Å². The Morgan fingerprint density at radius 1 is 1.24 bits per heavy atom. The number of anilines is 2. The molecule has 108 valence electrons. The predicted octanol–water partition coefficient (Wildman–Crippen LogP) is 3.38. The van der Waals surface area contributed by atoms with E-state index < -0.39 is 11.7 Å². The largest absolute Gasteiger partial charge is 0.444 e. The Bertz CT molecular complexity index is 614. The SMILES string of the molecule is CC(C)(C)OC(=O)Nc1cccc(NC=C(C#N)C#N)c1. The van der Waals surface area contributed by atoms with Gasteiger partial charge in [0.25, 0.3) is 0 Å². The number of nitrogens with zero attached hydrogens (tertiary/aromatic N) is 2. The quantitative estimate of drug-likeness (QED) is 0.829. The van der Waals surface area contributed by atoms with Gasteiger partial charge in [0.1, 0.15) is 23.3 Å². The summed E-state index contributed by atoms with van der Waals surface area (Å²) in [7, 11) is 0. The molecule has 0 aliphatic carbocycles. The van der Waals surface area contributed by atoms with Crippen LogP contribution in [0.15, 0.2) is 36.0 Å². The maximum absolute atomic E-state index is 11.6. The van der Waals surface area contributed by atoms with Crippen molar-refractivity contribution in [1.82, 2.24) is 0 Å². The van der Waals surface area contributed by atoms with Crippen molar-refractivity contribution in [3.05, 3.63) is 36.0 Å². The average Bonchev–Trinajstić information content (AvgIpc) is 2.38. The first kappa shape index (κ1) is 16.1. The highest BCUT2D eigenvalue weighted by atomic mass is 16.6. The zero-order valence-corrected chi connectivity index (χ0v) is 12.1. The maximum atomic E-state index is 11.6. The summed E-state index contributed by atoms with van der Waals surface area (Å²) in [5.41, 5.74) is 0.558. The molecule has 0 aromatic heterocycles. The molecule has 0 radical (unpaired) electrons. The number of carbonyl (C=O) groups is 1. The molecule has 1 aromatic carbocycles. The lowest BCUT2D eigenvalue weighted by molar-refractivity contribution is 0.0636. The van der Waals surface area contributed by atoms with E-state index in [9.17, 15) is 4.79 Å². The zero-order valence-electron chi connectivity index (χ0n) is 12.1. The van der Waals surface area contributed by atoms with Gasteiger partial charge in [-0.2, -0.15) is 10.5 Å². The number of amides is 1. The zero-order chi connectivity index (χ0) is 15.9. The highest BCUT2D eigenvalue weighted by Gasteiger charge is 2.16. The van der Waals surface area contributed by atoms with E-state index in [0.717, 1.165) is 0 Å². The van der Waals surface area contributed by atoms with Crippen molar-refractivity contribution in [3.63, 3.8) is 0 Å². The molecule has 0 heterocycles. The Kier molecular flexibility index (Phi) is 5.33. The standard InChI is InChI=1S/C15H16N4O2/c1-15(2,3)21-14(20)19-13-6-4-5-12(7-13)18-10-11(8-16)9-17/h4-7,10,18H,1-3H3,(H,19,20). The molecule has 2 N–H and O–H groups in total. The van der Waals surface area contributed by atoms with E-state index in [-0.39, 0.29) is 5.57 Å². The monoisotopic (exact) mass is 284 g/mol. The van der Waals surface area contributed by atoms with Crippen LogP contribution in [0.25, 0.3) is 0 Å². The number of benzene rings is 1. The second-order valence-electron chi connectivity index (χ2n) is 5.13. The molecule has 0 unspecified atom stereocenters. The van der Waals surface area contributed by atoms with Crippen molar-refractivity contribution < 1.29 is 9.53 Å². The summed E-state index contributed by atoms with van der Waals surface area (Å²) in [6.07, 6.45) is 0.747. The van der Waals surface area contributed by atoms with Gasteiger partial charge in [0, 0.05) is 17.6 Å². The summed E-state index contributed by atoms with van der Waals surface area (Å²) in [5, 5.41) is 22.7. The Labute approximate surface area is 123 Å². The van der Waals surface area contributed by atoms with E-state index in [1.165, 1.54) is 6.20 Å². The number of nitrogens with one attached hydrogen (secondary N) is 2. The van der Waals surface area contributed by atoms with Crippen LogP contribution in [0.2, 0.25) is 0 Å². The van der Waals surface area contributed by atoms with E-state index in [1.54, 1.807) is 57.2 Å². The molecule has 21 heavy (non-hydrogen) atoms. The number of nitriles is 2. The van der Waals surface area contributed by atoms with Crippen LogP contribution in [0.3, 0.4) is 0 Å². The number of hydrogen-bond acceptors (Lipinski definition) is 5. The van der Waals surface area contributed by atoms with Gasteiger partial charge in [-0.15, -0.1) is 0 Å². The number of carbonyl (C=O) groups excluding carboxylic acids is 1. The fourth-order valence-electron chi connectivity index (χ4n) is 1.35. The molecule has 0 atom stereocenters. The first-order chi connectivity index (χ1) is 9.84. The summed E-state index contributed by atoms with van der Waals surface area (Å²) >= 11 is 0. The number of rotatable bonds is 3.